The molecule has 1 aromatic heterocycles. The maximum absolute atomic E-state index is 12.9. The standard InChI is InChI=1S/C17H17BrF3N5O4/c1-9-14(18)15(17(19,20)21)24-26(9)7-6-13(28)30-25-16(23)10-2-4-11(5-3-10)29-8-12(22)27/h2-5H,6-8H2,1H3,(H2,22,27)(H2,23,25). The number of nitrogens with two attached hydrogens (primary N) is 2. The quantitative estimate of drug-likeness (QED) is 0.251. The molecule has 0 aliphatic heterocycles. The first kappa shape index (κ1) is 23.2. The Balaban J connectivity index is 1.92. The highest BCUT2D eigenvalue weighted by atomic mass is 79.9. The summed E-state index contributed by atoms with van der Waals surface area (Å²) in [4.78, 5) is 27.2. The van der Waals surface area contributed by atoms with Gasteiger partial charge in [0.15, 0.2) is 18.1 Å². The van der Waals surface area contributed by atoms with E-state index < -0.39 is 23.7 Å². The summed E-state index contributed by atoms with van der Waals surface area (Å²) in [5, 5.41) is 6.97. The number of halogens is 4. The molecule has 162 valence electrons. The molecule has 2 rings (SSSR count). The van der Waals surface area contributed by atoms with Crippen LogP contribution in [0.5, 0.6) is 5.75 Å². The van der Waals surface area contributed by atoms with Crippen LogP contribution in [0, 0.1) is 6.92 Å². The highest BCUT2D eigenvalue weighted by Gasteiger charge is 2.37. The number of amidine groups is 1. The van der Waals surface area contributed by atoms with Gasteiger partial charge >= 0.3 is 12.1 Å². The number of alkyl halides is 3. The molecule has 4 N–H and O–H groups in total. The summed E-state index contributed by atoms with van der Waals surface area (Å²) in [5.41, 5.74) is 10.3. The number of hydrogen-bond donors (Lipinski definition) is 2. The fraction of sp³-hybridized carbons (Fsp3) is 0.294. The van der Waals surface area contributed by atoms with Gasteiger partial charge in [0.2, 0.25) is 0 Å². The van der Waals surface area contributed by atoms with Crippen molar-refractivity contribution in [2.45, 2.75) is 26.1 Å². The van der Waals surface area contributed by atoms with Crippen LogP contribution < -0.4 is 16.2 Å². The number of carbonyl (C=O) groups excluding carboxylic acids is 2. The summed E-state index contributed by atoms with van der Waals surface area (Å²) in [6, 6.07) is 6.07. The maximum atomic E-state index is 12.9. The molecule has 1 amide bonds. The van der Waals surface area contributed by atoms with Crippen molar-refractivity contribution in [1.29, 1.82) is 0 Å². The van der Waals surface area contributed by atoms with Crippen LogP contribution >= 0.6 is 15.9 Å². The second-order valence-electron chi connectivity index (χ2n) is 5.94. The van der Waals surface area contributed by atoms with Gasteiger partial charge in [0.25, 0.3) is 5.91 Å². The molecule has 0 aliphatic rings. The van der Waals surface area contributed by atoms with Crippen molar-refractivity contribution in [3.8, 4) is 5.75 Å². The van der Waals surface area contributed by atoms with E-state index in [-0.39, 0.29) is 35.6 Å². The van der Waals surface area contributed by atoms with Gasteiger partial charge in [-0.1, -0.05) is 5.16 Å². The number of aryl methyl sites for hydroxylation is 1. The zero-order valence-electron chi connectivity index (χ0n) is 15.6. The number of aromatic nitrogens is 2. The molecule has 0 unspecified atom stereocenters. The Hall–Kier alpha value is -3.09. The predicted molar refractivity (Wildman–Crippen MR) is 102 cm³/mol. The van der Waals surface area contributed by atoms with E-state index in [2.05, 4.69) is 31.0 Å². The second kappa shape index (κ2) is 9.61. The average Bonchev–Trinajstić information content (AvgIpc) is 2.97. The number of rotatable bonds is 8. The van der Waals surface area contributed by atoms with E-state index in [1.54, 1.807) is 0 Å². The summed E-state index contributed by atoms with van der Waals surface area (Å²) in [7, 11) is 0. The minimum Gasteiger partial charge on any atom is -0.484 e. The molecule has 1 heterocycles. The van der Waals surface area contributed by atoms with Gasteiger partial charge in [0.05, 0.1) is 23.1 Å². The Morgan fingerprint density at radius 2 is 1.87 bits per heavy atom. The van der Waals surface area contributed by atoms with E-state index in [0.29, 0.717) is 11.3 Å². The SMILES string of the molecule is Cc1c(Br)c(C(F)(F)F)nn1CCC(=O)O/N=C(\N)c1ccc(OCC(N)=O)cc1. The lowest BCUT2D eigenvalue weighted by Gasteiger charge is -2.05. The molecule has 30 heavy (non-hydrogen) atoms. The van der Waals surface area contributed by atoms with Crippen LogP contribution in [-0.2, 0) is 27.1 Å². The highest BCUT2D eigenvalue weighted by Crippen LogP contribution is 2.35. The van der Waals surface area contributed by atoms with E-state index >= 15 is 0 Å². The third kappa shape index (κ3) is 6.20. The molecule has 0 spiro atoms. The molecular formula is C17H17BrF3N5O4. The van der Waals surface area contributed by atoms with Crippen molar-refractivity contribution in [2.75, 3.05) is 6.61 Å². The van der Waals surface area contributed by atoms with Crippen LogP contribution in [0.3, 0.4) is 0 Å². The first-order chi connectivity index (χ1) is 14.0. The Kier molecular flexibility index (Phi) is 7.43. The van der Waals surface area contributed by atoms with Gasteiger partial charge in [-0.3, -0.25) is 9.48 Å². The monoisotopic (exact) mass is 491 g/mol. The van der Waals surface area contributed by atoms with Crippen molar-refractivity contribution in [3.05, 3.63) is 45.7 Å². The normalized spacial score (nSPS) is 12.0. The van der Waals surface area contributed by atoms with Crippen molar-refractivity contribution >= 4 is 33.6 Å². The lowest BCUT2D eigenvalue weighted by Crippen LogP contribution is -2.20. The fourth-order valence-corrected chi connectivity index (χ4v) is 2.70. The lowest BCUT2D eigenvalue weighted by molar-refractivity contribution is -0.144. The summed E-state index contributed by atoms with van der Waals surface area (Å²) in [6.45, 7) is 1.02. The van der Waals surface area contributed by atoms with Gasteiger partial charge in [-0.25, -0.2) is 4.79 Å². The van der Waals surface area contributed by atoms with Crippen LogP contribution in [0.1, 0.15) is 23.4 Å². The number of amides is 1. The van der Waals surface area contributed by atoms with Crippen LogP contribution in [0.2, 0.25) is 0 Å². The Morgan fingerprint density at radius 1 is 1.23 bits per heavy atom. The van der Waals surface area contributed by atoms with Crippen molar-refractivity contribution in [3.63, 3.8) is 0 Å². The van der Waals surface area contributed by atoms with Crippen molar-refractivity contribution < 1.29 is 32.3 Å². The van der Waals surface area contributed by atoms with Gasteiger partial charge in [0, 0.05) is 5.56 Å². The minimum absolute atomic E-state index is 0.109. The number of ether oxygens (including phenoxy) is 1. The molecule has 0 fully saturated rings. The highest BCUT2D eigenvalue weighted by molar-refractivity contribution is 9.10. The van der Waals surface area contributed by atoms with Gasteiger partial charge < -0.3 is 21.0 Å². The number of oxime groups is 1. The third-order valence-electron chi connectivity index (χ3n) is 3.71. The molecule has 0 saturated heterocycles. The van der Waals surface area contributed by atoms with E-state index in [1.165, 1.54) is 31.2 Å². The number of hydrogen-bond acceptors (Lipinski definition) is 6. The molecule has 0 atom stereocenters. The zero-order valence-corrected chi connectivity index (χ0v) is 17.2. The smallest absolute Gasteiger partial charge is 0.436 e. The van der Waals surface area contributed by atoms with Gasteiger partial charge in [-0.2, -0.15) is 18.3 Å². The number of carbonyl (C=O) groups is 2. The average molecular weight is 492 g/mol. The molecule has 2 aromatic rings. The Bertz CT molecular complexity index is 958. The van der Waals surface area contributed by atoms with Crippen molar-refractivity contribution in [1.82, 2.24) is 9.78 Å². The van der Waals surface area contributed by atoms with Crippen LogP contribution in [0.15, 0.2) is 33.9 Å². The van der Waals surface area contributed by atoms with Crippen molar-refractivity contribution in [2.24, 2.45) is 16.6 Å². The fourth-order valence-electron chi connectivity index (χ4n) is 2.20. The van der Waals surface area contributed by atoms with Crippen LogP contribution in [-0.4, -0.2) is 34.1 Å². The van der Waals surface area contributed by atoms with Crippen LogP contribution in [0.25, 0.3) is 0 Å². The Labute approximate surface area is 176 Å². The molecule has 0 bridgehead atoms. The topological polar surface area (TPSA) is 135 Å². The predicted octanol–water partition coefficient (Wildman–Crippen LogP) is 2.09. The molecule has 0 saturated carbocycles. The van der Waals surface area contributed by atoms with E-state index in [1.807, 2.05) is 0 Å². The second-order valence-corrected chi connectivity index (χ2v) is 6.73. The molecule has 13 heteroatoms. The maximum Gasteiger partial charge on any atom is 0.436 e. The van der Waals surface area contributed by atoms with Gasteiger partial charge in [-0.05, 0) is 47.1 Å². The largest absolute Gasteiger partial charge is 0.484 e. The van der Waals surface area contributed by atoms with Gasteiger partial charge in [0.1, 0.15) is 5.75 Å². The summed E-state index contributed by atoms with van der Waals surface area (Å²) < 4.78 is 44.5. The molecular weight excluding hydrogens is 475 g/mol. The molecule has 0 aliphatic carbocycles. The molecule has 9 nitrogen and oxygen atoms in total. The molecule has 0 radical (unpaired) electrons. The van der Waals surface area contributed by atoms with Crippen LogP contribution in [0.4, 0.5) is 13.2 Å². The number of primary amides is 1. The third-order valence-corrected chi connectivity index (χ3v) is 4.66. The number of nitrogens with zero attached hydrogens (tertiary/aromatic N) is 3. The van der Waals surface area contributed by atoms with Gasteiger partial charge in [-0.15, -0.1) is 0 Å². The lowest BCUT2D eigenvalue weighted by atomic mass is 10.2. The number of benzene rings is 1. The Morgan fingerprint density at radius 3 is 2.40 bits per heavy atom. The van der Waals surface area contributed by atoms with E-state index in [9.17, 15) is 22.8 Å². The summed E-state index contributed by atoms with van der Waals surface area (Å²) >= 11 is 2.85. The molecule has 1 aromatic carbocycles. The minimum atomic E-state index is -4.62. The summed E-state index contributed by atoms with van der Waals surface area (Å²) in [6.07, 6.45) is -4.89. The first-order valence-corrected chi connectivity index (χ1v) is 9.13. The zero-order chi connectivity index (χ0) is 22.5. The van der Waals surface area contributed by atoms with E-state index in [4.69, 9.17) is 16.2 Å². The first-order valence-electron chi connectivity index (χ1n) is 8.34. The van der Waals surface area contributed by atoms with E-state index in [0.717, 1.165) is 4.68 Å². The summed E-state index contributed by atoms with van der Waals surface area (Å²) in [5.74, 6) is -1.17.